The second-order valence-electron chi connectivity index (χ2n) is 3.74. The van der Waals surface area contributed by atoms with Crippen LogP contribution in [0.15, 0.2) is 24.3 Å². The number of amides is 1. The Balaban J connectivity index is 2.40. The molecule has 1 rings (SSSR count). The van der Waals surface area contributed by atoms with Crippen LogP contribution in [0.5, 0.6) is 0 Å². The van der Waals surface area contributed by atoms with Crippen LogP contribution in [0.1, 0.15) is 22.3 Å². The molecule has 0 heterocycles. The van der Waals surface area contributed by atoms with E-state index in [0.29, 0.717) is 18.7 Å². The molecule has 0 radical (unpaired) electrons. The number of nitrogens with one attached hydrogen (secondary N) is 1. The SMILES string of the molecule is COCCCNC(=O)c1ccc(CCBr)cc1. The molecule has 4 heteroatoms. The third kappa shape index (κ3) is 5.33. The van der Waals surface area contributed by atoms with Crippen molar-refractivity contribution in [3.05, 3.63) is 35.4 Å². The zero-order chi connectivity index (χ0) is 12.5. The van der Waals surface area contributed by atoms with Gasteiger partial charge in [0.2, 0.25) is 0 Å². The Morgan fingerprint density at radius 2 is 2.06 bits per heavy atom. The van der Waals surface area contributed by atoms with Gasteiger partial charge in [-0.3, -0.25) is 4.79 Å². The molecule has 0 spiro atoms. The van der Waals surface area contributed by atoms with Crippen molar-refractivity contribution in [2.45, 2.75) is 12.8 Å². The molecule has 17 heavy (non-hydrogen) atoms. The van der Waals surface area contributed by atoms with Crippen LogP contribution in [0.3, 0.4) is 0 Å². The summed E-state index contributed by atoms with van der Waals surface area (Å²) < 4.78 is 4.92. The van der Waals surface area contributed by atoms with E-state index in [1.54, 1.807) is 7.11 Å². The van der Waals surface area contributed by atoms with Gasteiger partial charge >= 0.3 is 0 Å². The molecule has 0 fully saturated rings. The highest BCUT2D eigenvalue weighted by Gasteiger charge is 2.04. The lowest BCUT2D eigenvalue weighted by molar-refractivity contribution is 0.0948. The standard InChI is InChI=1S/C13H18BrNO2/c1-17-10-2-9-15-13(16)12-5-3-11(4-6-12)7-8-14/h3-6H,2,7-10H2,1H3,(H,15,16). The summed E-state index contributed by atoms with van der Waals surface area (Å²) in [5.74, 6) is -0.0218. The summed E-state index contributed by atoms with van der Waals surface area (Å²) in [7, 11) is 1.66. The van der Waals surface area contributed by atoms with Crippen molar-refractivity contribution in [1.29, 1.82) is 0 Å². The van der Waals surface area contributed by atoms with Gasteiger partial charge in [-0.05, 0) is 30.5 Å². The molecule has 0 unspecified atom stereocenters. The monoisotopic (exact) mass is 299 g/mol. The van der Waals surface area contributed by atoms with Gasteiger partial charge in [-0.1, -0.05) is 28.1 Å². The van der Waals surface area contributed by atoms with Crippen molar-refractivity contribution >= 4 is 21.8 Å². The second-order valence-corrected chi connectivity index (χ2v) is 4.53. The zero-order valence-corrected chi connectivity index (χ0v) is 11.6. The Kier molecular flexibility index (Phi) is 6.89. The van der Waals surface area contributed by atoms with E-state index in [1.165, 1.54) is 5.56 Å². The maximum Gasteiger partial charge on any atom is 0.251 e. The third-order valence-corrected chi connectivity index (χ3v) is 2.81. The first-order chi connectivity index (χ1) is 8.27. The fourth-order valence-electron chi connectivity index (χ4n) is 1.45. The van der Waals surface area contributed by atoms with E-state index in [2.05, 4.69) is 21.2 Å². The van der Waals surface area contributed by atoms with Gasteiger partial charge in [0.25, 0.3) is 5.91 Å². The Bertz CT molecular complexity index is 338. The average molecular weight is 300 g/mol. The van der Waals surface area contributed by atoms with Crippen LogP contribution in [0.4, 0.5) is 0 Å². The molecule has 0 aliphatic carbocycles. The summed E-state index contributed by atoms with van der Waals surface area (Å²) >= 11 is 3.39. The van der Waals surface area contributed by atoms with Crippen LogP contribution in [0.2, 0.25) is 0 Å². The molecular weight excluding hydrogens is 282 g/mol. The Hall–Kier alpha value is -0.870. The maximum atomic E-state index is 11.7. The lowest BCUT2D eigenvalue weighted by atomic mass is 10.1. The first-order valence-electron chi connectivity index (χ1n) is 5.70. The molecule has 0 saturated carbocycles. The molecule has 1 aromatic rings. The van der Waals surface area contributed by atoms with Crippen LogP contribution >= 0.6 is 15.9 Å². The van der Waals surface area contributed by atoms with Crippen LogP contribution in [-0.4, -0.2) is 31.5 Å². The summed E-state index contributed by atoms with van der Waals surface area (Å²) in [4.78, 5) is 11.7. The number of halogens is 1. The molecule has 0 saturated heterocycles. The topological polar surface area (TPSA) is 38.3 Å². The number of aryl methyl sites for hydroxylation is 1. The minimum atomic E-state index is -0.0218. The minimum Gasteiger partial charge on any atom is -0.385 e. The molecule has 3 nitrogen and oxygen atoms in total. The number of carbonyl (C=O) groups is 1. The number of benzene rings is 1. The van der Waals surface area contributed by atoms with E-state index in [9.17, 15) is 4.79 Å². The van der Waals surface area contributed by atoms with Gasteiger partial charge in [-0.2, -0.15) is 0 Å². The summed E-state index contributed by atoms with van der Waals surface area (Å²) in [5.41, 5.74) is 1.94. The predicted molar refractivity (Wildman–Crippen MR) is 72.8 cm³/mol. The van der Waals surface area contributed by atoms with Gasteiger partial charge in [0, 0.05) is 31.2 Å². The highest BCUT2D eigenvalue weighted by Crippen LogP contribution is 2.06. The minimum absolute atomic E-state index is 0.0218. The van der Waals surface area contributed by atoms with E-state index in [1.807, 2.05) is 24.3 Å². The van der Waals surface area contributed by atoms with Gasteiger partial charge < -0.3 is 10.1 Å². The molecule has 1 amide bonds. The van der Waals surface area contributed by atoms with Crippen molar-refractivity contribution in [1.82, 2.24) is 5.32 Å². The van der Waals surface area contributed by atoms with Crippen LogP contribution in [-0.2, 0) is 11.2 Å². The number of alkyl halides is 1. The Morgan fingerprint density at radius 3 is 2.65 bits per heavy atom. The van der Waals surface area contributed by atoms with Gasteiger partial charge in [0.1, 0.15) is 0 Å². The molecule has 0 aliphatic heterocycles. The molecule has 0 aliphatic rings. The van der Waals surface area contributed by atoms with Gasteiger partial charge in [0.05, 0.1) is 0 Å². The van der Waals surface area contributed by atoms with Gasteiger partial charge in [0.15, 0.2) is 0 Å². The van der Waals surface area contributed by atoms with Crippen LogP contribution in [0.25, 0.3) is 0 Å². The summed E-state index contributed by atoms with van der Waals surface area (Å²) in [6.07, 6.45) is 1.82. The Morgan fingerprint density at radius 1 is 1.35 bits per heavy atom. The summed E-state index contributed by atoms with van der Waals surface area (Å²) in [6.45, 7) is 1.32. The quantitative estimate of drug-likeness (QED) is 0.620. The number of hydrogen-bond acceptors (Lipinski definition) is 2. The fourth-order valence-corrected chi connectivity index (χ4v) is 1.91. The van der Waals surface area contributed by atoms with Crippen molar-refractivity contribution in [2.24, 2.45) is 0 Å². The van der Waals surface area contributed by atoms with Crippen molar-refractivity contribution in [3.8, 4) is 0 Å². The van der Waals surface area contributed by atoms with Crippen molar-refractivity contribution in [3.63, 3.8) is 0 Å². The van der Waals surface area contributed by atoms with E-state index in [-0.39, 0.29) is 5.91 Å². The smallest absolute Gasteiger partial charge is 0.251 e. The van der Waals surface area contributed by atoms with Crippen LogP contribution in [0, 0.1) is 0 Å². The highest BCUT2D eigenvalue weighted by atomic mass is 79.9. The average Bonchev–Trinajstić information content (AvgIpc) is 2.36. The number of carbonyl (C=O) groups excluding carboxylic acids is 1. The number of rotatable bonds is 7. The molecule has 1 N–H and O–H groups in total. The highest BCUT2D eigenvalue weighted by molar-refractivity contribution is 9.09. The van der Waals surface area contributed by atoms with Crippen molar-refractivity contribution in [2.75, 3.05) is 25.6 Å². The summed E-state index contributed by atoms with van der Waals surface area (Å²) in [5, 5.41) is 3.80. The number of hydrogen-bond donors (Lipinski definition) is 1. The van der Waals surface area contributed by atoms with Crippen molar-refractivity contribution < 1.29 is 9.53 Å². The molecule has 0 aromatic heterocycles. The zero-order valence-electron chi connectivity index (χ0n) is 10.0. The first-order valence-corrected chi connectivity index (χ1v) is 6.82. The normalized spacial score (nSPS) is 10.2. The van der Waals surface area contributed by atoms with Gasteiger partial charge in [-0.15, -0.1) is 0 Å². The lowest BCUT2D eigenvalue weighted by Gasteiger charge is -2.05. The number of ether oxygens (including phenoxy) is 1. The van der Waals surface area contributed by atoms with Gasteiger partial charge in [-0.25, -0.2) is 0 Å². The van der Waals surface area contributed by atoms with Crippen LogP contribution < -0.4 is 5.32 Å². The second kappa shape index (κ2) is 8.25. The van der Waals surface area contributed by atoms with E-state index >= 15 is 0 Å². The molecule has 0 atom stereocenters. The Labute approximate surface area is 111 Å². The third-order valence-electron chi connectivity index (χ3n) is 2.41. The summed E-state index contributed by atoms with van der Waals surface area (Å²) in [6, 6.07) is 7.71. The first kappa shape index (κ1) is 14.2. The largest absolute Gasteiger partial charge is 0.385 e. The molecule has 94 valence electrons. The predicted octanol–water partition coefficient (Wildman–Crippen LogP) is 2.39. The number of methoxy groups -OCH3 is 1. The van der Waals surface area contributed by atoms with E-state index < -0.39 is 0 Å². The molecular formula is C13H18BrNO2. The molecule has 1 aromatic carbocycles. The lowest BCUT2D eigenvalue weighted by Crippen LogP contribution is -2.25. The molecule has 0 bridgehead atoms. The van der Waals surface area contributed by atoms with E-state index in [4.69, 9.17) is 4.74 Å². The fraction of sp³-hybridized carbons (Fsp3) is 0.462. The maximum absolute atomic E-state index is 11.7. The van der Waals surface area contributed by atoms with E-state index in [0.717, 1.165) is 18.2 Å².